The van der Waals surface area contributed by atoms with Gasteiger partial charge < -0.3 is 15.0 Å². The van der Waals surface area contributed by atoms with Gasteiger partial charge in [0, 0.05) is 15.2 Å². The monoisotopic (exact) mass is 586 g/mol. The molecule has 3 atom stereocenters. The summed E-state index contributed by atoms with van der Waals surface area (Å²) in [6.07, 6.45) is 2.21. The van der Waals surface area contributed by atoms with E-state index in [2.05, 4.69) is 86.8 Å². The Morgan fingerprint density at radius 2 is 1.61 bits per heavy atom. The van der Waals surface area contributed by atoms with Gasteiger partial charge in [-0.1, -0.05) is 100 Å². The zero-order chi connectivity index (χ0) is 26.1. The van der Waals surface area contributed by atoms with E-state index in [1.165, 1.54) is 22.4 Å². The minimum atomic E-state index is -0.425. The summed E-state index contributed by atoms with van der Waals surface area (Å²) in [5.74, 6) is 0. The van der Waals surface area contributed by atoms with Crippen LogP contribution >= 0.6 is 27.5 Å². The van der Waals surface area contributed by atoms with Crippen LogP contribution in [0.5, 0.6) is 0 Å². The number of aryl methyl sites for hydroxylation is 1. The van der Waals surface area contributed by atoms with E-state index in [1.807, 2.05) is 36.4 Å². The Labute approximate surface area is 236 Å². The normalized spacial score (nSPS) is 19.9. The van der Waals surface area contributed by atoms with Crippen LogP contribution in [0.25, 0.3) is 0 Å². The van der Waals surface area contributed by atoms with E-state index in [0.29, 0.717) is 11.4 Å². The second kappa shape index (κ2) is 10.8. The van der Waals surface area contributed by atoms with Crippen molar-refractivity contribution in [3.8, 4) is 0 Å². The highest BCUT2D eigenvalue weighted by molar-refractivity contribution is 9.10. The molecule has 2 heterocycles. The van der Waals surface area contributed by atoms with Gasteiger partial charge >= 0.3 is 6.09 Å². The minimum Gasteiger partial charge on any atom is -0.445 e. The number of hydrogen-bond donors (Lipinski definition) is 1. The van der Waals surface area contributed by atoms with Crippen LogP contribution in [0, 0.1) is 0 Å². The molecular weight excluding hydrogens is 560 g/mol. The van der Waals surface area contributed by atoms with Crippen LogP contribution in [-0.2, 0) is 17.8 Å². The fraction of sp³-hybridized carbons (Fsp3) is 0.219. The molecule has 2 aliphatic rings. The molecule has 0 aliphatic carbocycles. The van der Waals surface area contributed by atoms with Crippen molar-refractivity contribution in [3.05, 3.63) is 134 Å². The fourth-order valence-corrected chi connectivity index (χ4v) is 6.42. The van der Waals surface area contributed by atoms with E-state index < -0.39 is 6.09 Å². The van der Waals surface area contributed by atoms with Gasteiger partial charge in [0.1, 0.15) is 6.61 Å². The molecule has 0 radical (unpaired) electrons. The lowest BCUT2D eigenvalue weighted by Crippen LogP contribution is -2.44. The number of carbonyl (C=O) groups is 1. The van der Waals surface area contributed by atoms with Gasteiger partial charge in [0.2, 0.25) is 0 Å². The van der Waals surface area contributed by atoms with Crippen LogP contribution in [0.2, 0.25) is 5.02 Å². The smallest absolute Gasteiger partial charge is 0.407 e. The van der Waals surface area contributed by atoms with E-state index in [9.17, 15) is 4.79 Å². The first-order valence-electron chi connectivity index (χ1n) is 12.9. The number of rotatable bonds is 5. The maximum absolute atomic E-state index is 13.0. The van der Waals surface area contributed by atoms with Crippen LogP contribution in [-0.4, -0.2) is 6.09 Å². The van der Waals surface area contributed by atoms with Crippen molar-refractivity contribution in [3.63, 3.8) is 0 Å². The third-order valence-corrected chi connectivity index (χ3v) is 8.33. The molecule has 4 aromatic carbocycles. The maximum atomic E-state index is 13.0. The number of nitrogens with one attached hydrogen (secondary N) is 1. The molecule has 0 aromatic heterocycles. The maximum Gasteiger partial charge on any atom is 0.407 e. The molecule has 0 unspecified atom stereocenters. The second-order valence-electron chi connectivity index (χ2n) is 9.94. The summed E-state index contributed by atoms with van der Waals surface area (Å²) in [6, 6.07) is 33.2. The molecule has 4 aromatic rings. The molecule has 6 heteroatoms. The third-order valence-electron chi connectivity index (χ3n) is 7.58. The topological polar surface area (TPSA) is 41.6 Å². The zero-order valence-corrected chi connectivity index (χ0v) is 23.2. The highest BCUT2D eigenvalue weighted by atomic mass is 79.9. The summed E-state index contributed by atoms with van der Waals surface area (Å²) < 4.78 is 6.66. The number of amides is 1. The van der Waals surface area contributed by atoms with Crippen LogP contribution in [0.3, 0.4) is 0 Å². The first kappa shape index (κ1) is 25.0. The molecular formula is C32H28BrClN2O2. The molecule has 1 amide bonds. The van der Waals surface area contributed by atoms with Gasteiger partial charge in [-0.15, -0.1) is 0 Å². The van der Waals surface area contributed by atoms with Crippen molar-refractivity contribution in [1.29, 1.82) is 0 Å². The highest BCUT2D eigenvalue weighted by Gasteiger charge is 2.42. The van der Waals surface area contributed by atoms with Crippen molar-refractivity contribution < 1.29 is 9.53 Å². The second-order valence-corrected chi connectivity index (χ2v) is 11.3. The van der Waals surface area contributed by atoms with Crippen molar-refractivity contribution in [2.75, 3.05) is 4.90 Å². The van der Waals surface area contributed by atoms with Gasteiger partial charge in [0.15, 0.2) is 0 Å². The first-order chi connectivity index (χ1) is 18.6. The Morgan fingerprint density at radius 3 is 2.34 bits per heavy atom. The molecule has 0 bridgehead atoms. The molecule has 0 saturated heterocycles. The standard InChI is InChI=1S/C32H28BrClN2O2/c33-25-14-11-23(12-15-25)30-19-28(35-32(37)38-20-21-7-3-1-4-8-21)27-18-26(34)17-24-13-16-29(36(30)31(24)27)22-9-5-2-6-10-22/h1-12,14-15,17-18,28-30H,13,16,19-20H2,(H,35,37)/t28-,29-,30-/m0/s1. The third kappa shape index (κ3) is 5.05. The lowest BCUT2D eigenvalue weighted by molar-refractivity contribution is 0.134. The molecule has 4 nitrogen and oxygen atoms in total. The van der Waals surface area contributed by atoms with E-state index in [1.54, 1.807) is 0 Å². The van der Waals surface area contributed by atoms with Crippen LogP contribution < -0.4 is 10.2 Å². The Balaban J connectivity index is 1.39. The summed E-state index contributed by atoms with van der Waals surface area (Å²) in [7, 11) is 0. The molecule has 6 rings (SSSR count). The predicted octanol–water partition coefficient (Wildman–Crippen LogP) is 8.71. The number of benzene rings is 4. The van der Waals surface area contributed by atoms with Gasteiger partial charge in [-0.3, -0.25) is 0 Å². The number of alkyl carbamates (subject to hydrolysis) is 1. The molecule has 1 N–H and O–H groups in total. The largest absolute Gasteiger partial charge is 0.445 e. The highest BCUT2D eigenvalue weighted by Crippen LogP contribution is 2.53. The van der Waals surface area contributed by atoms with Gasteiger partial charge in [-0.2, -0.15) is 0 Å². The molecule has 0 saturated carbocycles. The van der Waals surface area contributed by atoms with E-state index in [4.69, 9.17) is 16.3 Å². The number of anilines is 1. The van der Waals surface area contributed by atoms with Crippen molar-refractivity contribution in [2.24, 2.45) is 0 Å². The molecule has 0 spiro atoms. The van der Waals surface area contributed by atoms with Gasteiger partial charge in [-0.25, -0.2) is 4.79 Å². The molecule has 38 heavy (non-hydrogen) atoms. The lowest BCUT2D eigenvalue weighted by atomic mass is 9.79. The Hall–Kier alpha value is -3.28. The summed E-state index contributed by atoms with van der Waals surface area (Å²) in [4.78, 5) is 15.6. The predicted molar refractivity (Wildman–Crippen MR) is 155 cm³/mol. The van der Waals surface area contributed by atoms with Crippen molar-refractivity contribution >= 4 is 39.3 Å². The van der Waals surface area contributed by atoms with Crippen LogP contribution in [0.1, 0.15) is 58.8 Å². The van der Waals surface area contributed by atoms with Gasteiger partial charge in [0.25, 0.3) is 0 Å². The molecule has 2 aliphatic heterocycles. The van der Waals surface area contributed by atoms with Gasteiger partial charge in [0.05, 0.1) is 18.1 Å². The average molecular weight is 588 g/mol. The molecule has 0 fully saturated rings. The Bertz CT molecular complexity index is 1430. The Morgan fingerprint density at radius 1 is 0.921 bits per heavy atom. The zero-order valence-electron chi connectivity index (χ0n) is 20.8. The van der Waals surface area contributed by atoms with Crippen LogP contribution in [0.4, 0.5) is 10.5 Å². The van der Waals surface area contributed by atoms with E-state index in [-0.39, 0.29) is 24.7 Å². The lowest BCUT2D eigenvalue weighted by Gasteiger charge is -2.50. The number of hydrogen-bond acceptors (Lipinski definition) is 3. The van der Waals surface area contributed by atoms with Crippen LogP contribution in [0.15, 0.2) is 102 Å². The van der Waals surface area contributed by atoms with Crippen molar-refractivity contribution in [2.45, 2.75) is 44.0 Å². The quantitative estimate of drug-likeness (QED) is 0.254. The summed E-state index contributed by atoms with van der Waals surface area (Å²) in [5, 5.41) is 3.88. The Kier molecular flexibility index (Phi) is 7.14. The average Bonchev–Trinajstić information content (AvgIpc) is 2.94. The SMILES string of the molecule is O=C(N[C@H]1C[C@@H](c2ccc(Br)cc2)N2c3c(cc(Cl)cc31)CC[C@H]2c1ccccc1)OCc1ccccc1. The number of halogens is 2. The van der Waals surface area contributed by atoms with E-state index in [0.717, 1.165) is 28.4 Å². The summed E-state index contributed by atoms with van der Waals surface area (Å²) in [6.45, 7) is 0.228. The number of nitrogens with zero attached hydrogens (tertiary/aromatic N) is 1. The first-order valence-corrected chi connectivity index (χ1v) is 14.1. The molecule has 192 valence electrons. The van der Waals surface area contributed by atoms with Gasteiger partial charge in [-0.05, 0) is 71.3 Å². The summed E-state index contributed by atoms with van der Waals surface area (Å²) in [5.41, 5.74) is 6.93. The van der Waals surface area contributed by atoms with E-state index >= 15 is 0 Å². The minimum absolute atomic E-state index is 0.0699. The van der Waals surface area contributed by atoms with Crippen molar-refractivity contribution in [1.82, 2.24) is 5.32 Å². The number of carbonyl (C=O) groups excluding carboxylic acids is 1. The summed E-state index contributed by atoms with van der Waals surface area (Å²) >= 11 is 10.2. The fourth-order valence-electron chi connectivity index (χ4n) is 5.90. The number of ether oxygens (including phenoxy) is 1.